The lowest BCUT2D eigenvalue weighted by Gasteiger charge is -2.21. The van der Waals surface area contributed by atoms with Gasteiger partial charge in [-0.25, -0.2) is 9.07 Å². The molecule has 0 saturated heterocycles. The van der Waals surface area contributed by atoms with Crippen molar-refractivity contribution < 1.29 is 9.18 Å². The van der Waals surface area contributed by atoms with Gasteiger partial charge in [0.1, 0.15) is 5.82 Å². The van der Waals surface area contributed by atoms with E-state index in [-0.39, 0.29) is 17.5 Å². The quantitative estimate of drug-likeness (QED) is 0.717. The minimum absolute atomic E-state index is 0.132. The molecule has 2 heterocycles. The Bertz CT molecular complexity index is 821. The van der Waals surface area contributed by atoms with E-state index in [4.69, 9.17) is 0 Å². The maximum absolute atomic E-state index is 13.1. The molecule has 110 valence electrons. The van der Waals surface area contributed by atoms with Gasteiger partial charge in [-0.3, -0.25) is 4.79 Å². The van der Waals surface area contributed by atoms with Crippen LogP contribution in [0.15, 0.2) is 48.0 Å². The number of benzene rings is 1. The van der Waals surface area contributed by atoms with E-state index in [0.717, 1.165) is 17.8 Å². The number of halogens is 1. The second-order valence-electron chi connectivity index (χ2n) is 5.44. The summed E-state index contributed by atoms with van der Waals surface area (Å²) in [5.74, 6) is 0.0567. The third-order valence-electron chi connectivity index (χ3n) is 4.06. The van der Waals surface area contributed by atoms with E-state index in [9.17, 15) is 9.18 Å². The molecule has 0 radical (unpaired) electrons. The minimum Gasteiger partial charge on any atom is -0.294 e. The Balaban J connectivity index is 1.76. The molecule has 0 fully saturated rings. The topological polar surface area (TPSA) is 34.9 Å². The summed E-state index contributed by atoms with van der Waals surface area (Å²) in [6, 6.07) is 10.3. The van der Waals surface area contributed by atoms with Gasteiger partial charge in [-0.2, -0.15) is 5.10 Å². The van der Waals surface area contributed by atoms with Crippen molar-refractivity contribution in [2.24, 2.45) is 0 Å². The van der Waals surface area contributed by atoms with Crippen LogP contribution >= 0.6 is 11.3 Å². The highest BCUT2D eigenvalue weighted by atomic mass is 32.1. The lowest BCUT2D eigenvalue weighted by atomic mass is 9.86. The molecule has 1 atom stereocenters. The van der Waals surface area contributed by atoms with Crippen molar-refractivity contribution in [3.05, 3.63) is 69.9 Å². The molecule has 0 bridgehead atoms. The average molecular weight is 312 g/mol. The highest BCUT2D eigenvalue weighted by molar-refractivity contribution is 7.10. The molecule has 5 heteroatoms. The molecule has 22 heavy (non-hydrogen) atoms. The van der Waals surface area contributed by atoms with E-state index in [2.05, 4.69) is 11.2 Å². The molecule has 1 aromatic carbocycles. The third kappa shape index (κ3) is 2.18. The van der Waals surface area contributed by atoms with Gasteiger partial charge in [0, 0.05) is 17.2 Å². The smallest absolute Gasteiger partial charge is 0.166 e. The predicted octanol–water partition coefficient (Wildman–Crippen LogP) is 3.99. The first-order chi connectivity index (χ1) is 10.7. The van der Waals surface area contributed by atoms with Crippen LogP contribution in [0.1, 0.15) is 33.3 Å². The summed E-state index contributed by atoms with van der Waals surface area (Å²) in [6.45, 7) is 0. The number of Topliss-reactive ketones (excluding diaryl/α,β-unsaturated/α-hetero) is 1. The molecule has 3 aromatic rings. The van der Waals surface area contributed by atoms with Crippen molar-refractivity contribution >= 4 is 17.1 Å². The second-order valence-corrected chi connectivity index (χ2v) is 6.42. The minimum atomic E-state index is -0.280. The van der Waals surface area contributed by atoms with E-state index >= 15 is 0 Å². The Morgan fingerprint density at radius 3 is 2.73 bits per heavy atom. The van der Waals surface area contributed by atoms with Gasteiger partial charge in [0.15, 0.2) is 5.78 Å². The Morgan fingerprint density at radius 1 is 1.18 bits per heavy atom. The van der Waals surface area contributed by atoms with Crippen LogP contribution in [0.3, 0.4) is 0 Å². The summed E-state index contributed by atoms with van der Waals surface area (Å²) in [4.78, 5) is 13.6. The molecule has 4 rings (SSSR count). The summed E-state index contributed by atoms with van der Waals surface area (Å²) in [5.41, 5.74) is 2.39. The van der Waals surface area contributed by atoms with Crippen LogP contribution in [0.5, 0.6) is 0 Å². The molecule has 1 aliphatic rings. The maximum atomic E-state index is 13.1. The molecule has 0 saturated carbocycles. The van der Waals surface area contributed by atoms with Gasteiger partial charge in [-0.1, -0.05) is 6.07 Å². The fourth-order valence-corrected chi connectivity index (χ4v) is 3.80. The number of carbonyl (C=O) groups excluding carboxylic acids is 1. The van der Waals surface area contributed by atoms with E-state index in [1.165, 1.54) is 17.0 Å². The zero-order valence-corrected chi connectivity index (χ0v) is 12.5. The molecule has 1 unspecified atom stereocenters. The largest absolute Gasteiger partial charge is 0.294 e. The third-order valence-corrected chi connectivity index (χ3v) is 5.09. The molecular weight excluding hydrogens is 299 g/mol. The van der Waals surface area contributed by atoms with Crippen LogP contribution in [-0.4, -0.2) is 15.6 Å². The van der Waals surface area contributed by atoms with Crippen molar-refractivity contribution in [2.45, 2.75) is 18.8 Å². The van der Waals surface area contributed by atoms with Gasteiger partial charge in [0.2, 0.25) is 0 Å². The molecule has 3 nitrogen and oxygen atoms in total. The number of fused-ring (bicyclic) bond motifs is 1. The SMILES string of the molecule is O=C1CC(c2cccs2)Cc2c1cnn2-c1ccc(F)cc1. The number of hydrogen-bond donors (Lipinski definition) is 0. The van der Waals surface area contributed by atoms with Gasteiger partial charge >= 0.3 is 0 Å². The van der Waals surface area contributed by atoms with E-state index in [0.29, 0.717) is 12.0 Å². The molecule has 2 aromatic heterocycles. The summed E-state index contributed by atoms with van der Waals surface area (Å²) in [6.07, 6.45) is 2.94. The highest BCUT2D eigenvalue weighted by Crippen LogP contribution is 2.35. The van der Waals surface area contributed by atoms with E-state index < -0.39 is 0 Å². The van der Waals surface area contributed by atoms with Crippen LogP contribution in [0.25, 0.3) is 5.69 Å². The first-order valence-electron chi connectivity index (χ1n) is 7.12. The van der Waals surface area contributed by atoms with Gasteiger partial charge in [0.05, 0.1) is 23.1 Å². The number of hydrogen-bond acceptors (Lipinski definition) is 3. The Labute approximate surface area is 131 Å². The van der Waals surface area contributed by atoms with Crippen molar-refractivity contribution in [1.29, 1.82) is 0 Å². The summed E-state index contributed by atoms with van der Waals surface area (Å²) in [5, 5.41) is 6.38. The lowest BCUT2D eigenvalue weighted by Crippen LogP contribution is -2.19. The number of ketones is 1. The van der Waals surface area contributed by atoms with Crippen molar-refractivity contribution in [1.82, 2.24) is 9.78 Å². The van der Waals surface area contributed by atoms with Gasteiger partial charge in [0.25, 0.3) is 0 Å². The van der Waals surface area contributed by atoms with Gasteiger partial charge < -0.3 is 0 Å². The average Bonchev–Trinajstić information content (AvgIpc) is 3.17. The number of nitrogens with zero attached hydrogens (tertiary/aromatic N) is 2. The molecule has 1 aliphatic carbocycles. The fourth-order valence-electron chi connectivity index (χ4n) is 2.97. The summed E-state index contributed by atoms with van der Waals surface area (Å²) >= 11 is 1.68. The normalized spacial score (nSPS) is 17.5. The Hall–Kier alpha value is -2.27. The highest BCUT2D eigenvalue weighted by Gasteiger charge is 2.30. The number of rotatable bonds is 2. The first kappa shape index (κ1) is 13.4. The lowest BCUT2D eigenvalue weighted by molar-refractivity contribution is 0.0964. The van der Waals surface area contributed by atoms with Gasteiger partial charge in [-0.05, 0) is 42.1 Å². The van der Waals surface area contributed by atoms with Crippen LogP contribution in [0, 0.1) is 5.82 Å². The molecule has 0 spiro atoms. The van der Waals surface area contributed by atoms with Crippen LogP contribution in [0.2, 0.25) is 0 Å². The summed E-state index contributed by atoms with van der Waals surface area (Å²) < 4.78 is 14.9. The standard InChI is InChI=1S/C17H13FN2OS/c18-12-3-5-13(6-4-12)20-15-8-11(17-2-1-7-22-17)9-16(21)14(15)10-19-20/h1-7,10-11H,8-9H2. The van der Waals surface area contributed by atoms with E-state index in [1.807, 2.05) is 11.4 Å². The number of carbonyl (C=O) groups is 1. The Kier molecular flexibility index (Phi) is 3.15. The molecule has 0 N–H and O–H groups in total. The van der Waals surface area contributed by atoms with E-state index in [1.54, 1.807) is 34.3 Å². The fraction of sp³-hybridized carbons (Fsp3) is 0.176. The maximum Gasteiger partial charge on any atom is 0.166 e. The predicted molar refractivity (Wildman–Crippen MR) is 83.2 cm³/mol. The van der Waals surface area contributed by atoms with Crippen molar-refractivity contribution in [2.75, 3.05) is 0 Å². The molecule has 0 aliphatic heterocycles. The van der Waals surface area contributed by atoms with Crippen molar-refractivity contribution in [3.63, 3.8) is 0 Å². The van der Waals surface area contributed by atoms with Crippen LogP contribution in [0.4, 0.5) is 4.39 Å². The van der Waals surface area contributed by atoms with Gasteiger partial charge in [-0.15, -0.1) is 11.3 Å². The number of thiophene rings is 1. The zero-order chi connectivity index (χ0) is 15.1. The van der Waals surface area contributed by atoms with Crippen molar-refractivity contribution in [3.8, 4) is 5.69 Å². The zero-order valence-electron chi connectivity index (χ0n) is 11.7. The summed E-state index contributed by atoms with van der Waals surface area (Å²) in [7, 11) is 0. The van der Waals surface area contributed by atoms with Crippen LogP contribution in [-0.2, 0) is 6.42 Å². The first-order valence-corrected chi connectivity index (χ1v) is 8.00. The second kappa shape index (κ2) is 5.18. The van der Waals surface area contributed by atoms with Crippen LogP contribution < -0.4 is 0 Å². The monoisotopic (exact) mass is 312 g/mol. The Morgan fingerprint density at radius 2 is 2.00 bits per heavy atom. The molecular formula is C17H13FN2OS. The molecule has 0 amide bonds. The number of aromatic nitrogens is 2.